The Kier molecular flexibility index (Phi) is 4.39. The molecule has 0 aliphatic carbocycles. The maximum Gasteiger partial charge on any atom is 0.274 e. The highest BCUT2D eigenvalue weighted by Gasteiger charge is 2.30. The summed E-state index contributed by atoms with van der Waals surface area (Å²) in [7, 11) is 0. The summed E-state index contributed by atoms with van der Waals surface area (Å²) in [5.74, 6) is -0.219. The monoisotopic (exact) mass is 341 g/mol. The number of benzene rings is 1. The van der Waals surface area contributed by atoms with Crippen molar-refractivity contribution in [2.75, 3.05) is 11.9 Å². The van der Waals surface area contributed by atoms with Crippen molar-refractivity contribution in [1.82, 2.24) is 5.32 Å². The standard InChI is InChI=1S/C13H16BrN3O3/c1-7-5-10(14)11(6-12(7)17(19)20)16-13(18)9-3-4-15-8(9)2/h5-6,8-9,15H,3-4H2,1-2H3,(H,16,18). The number of hydrogen-bond donors (Lipinski definition) is 2. The molecule has 20 heavy (non-hydrogen) atoms. The predicted octanol–water partition coefficient (Wildman–Crippen LogP) is 2.60. The minimum atomic E-state index is -0.447. The average molecular weight is 342 g/mol. The van der Waals surface area contributed by atoms with Gasteiger partial charge in [0.15, 0.2) is 0 Å². The van der Waals surface area contributed by atoms with E-state index in [-0.39, 0.29) is 23.6 Å². The molecule has 0 spiro atoms. The van der Waals surface area contributed by atoms with Crippen molar-refractivity contribution in [2.45, 2.75) is 26.3 Å². The molecule has 0 aromatic heterocycles. The van der Waals surface area contributed by atoms with Crippen molar-refractivity contribution in [3.63, 3.8) is 0 Å². The second kappa shape index (κ2) is 5.88. The van der Waals surface area contributed by atoms with Crippen LogP contribution in [0.5, 0.6) is 0 Å². The van der Waals surface area contributed by atoms with Crippen molar-refractivity contribution >= 4 is 33.2 Å². The number of nitro benzene ring substituents is 1. The fraction of sp³-hybridized carbons (Fsp3) is 0.462. The number of anilines is 1. The van der Waals surface area contributed by atoms with Gasteiger partial charge in [-0.1, -0.05) is 0 Å². The number of amides is 1. The summed E-state index contributed by atoms with van der Waals surface area (Å²) in [4.78, 5) is 22.7. The predicted molar refractivity (Wildman–Crippen MR) is 79.7 cm³/mol. The molecule has 1 aromatic carbocycles. The zero-order chi connectivity index (χ0) is 14.9. The summed E-state index contributed by atoms with van der Waals surface area (Å²) in [6.07, 6.45) is 0.776. The lowest BCUT2D eigenvalue weighted by Crippen LogP contribution is -2.32. The lowest BCUT2D eigenvalue weighted by molar-refractivity contribution is -0.385. The normalized spacial score (nSPS) is 21.8. The molecule has 0 bridgehead atoms. The van der Waals surface area contributed by atoms with E-state index in [1.165, 1.54) is 6.07 Å². The Morgan fingerprint density at radius 2 is 2.25 bits per heavy atom. The molecule has 1 amide bonds. The fourth-order valence-electron chi connectivity index (χ4n) is 2.40. The molecule has 6 nitrogen and oxygen atoms in total. The largest absolute Gasteiger partial charge is 0.325 e. The third-order valence-electron chi connectivity index (χ3n) is 3.60. The molecule has 2 unspecified atom stereocenters. The van der Waals surface area contributed by atoms with E-state index in [9.17, 15) is 14.9 Å². The highest BCUT2D eigenvalue weighted by atomic mass is 79.9. The van der Waals surface area contributed by atoms with Crippen molar-refractivity contribution in [3.05, 3.63) is 32.3 Å². The molecule has 1 aromatic rings. The smallest absolute Gasteiger partial charge is 0.274 e. The summed E-state index contributed by atoms with van der Waals surface area (Å²) in [5, 5.41) is 16.9. The summed E-state index contributed by atoms with van der Waals surface area (Å²) >= 11 is 3.33. The molecule has 2 atom stereocenters. The topological polar surface area (TPSA) is 84.3 Å². The number of carbonyl (C=O) groups excluding carboxylic acids is 1. The summed E-state index contributed by atoms with van der Waals surface area (Å²) < 4.78 is 0.646. The first-order valence-electron chi connectivity index (χ1n) is 6.39. The van der Waals surface area contributed by atoms with Crippen molar-refractivity contribution < 1.29 is 9.72 Å². The number of aryl methyl sites for hydroxylation is 1. The van der Waals surface area contributed by atoms with E-state index in [4.69, 9.17) is 0 Å². The molecule has 1 aliphatic heterocycles. The molecule has 2 rings (SSSR count). The van der Waals surface area contributed by atoms with Crippen molar-refractivity contribution in [2.24, 2.45) is 5.92 Å². The summed E-state index contributed by atoms with van der Waals surface area (Å²) in [6, 6.07) is 3.16. The third kappa shape index (κ3) is 2.99. The van der Waals surface area contributed by atoms with Gasteiger partial charge in [-0.2, -0.15) is 0 Å². The zero-order valence-electron chi connectivity index (χ0n) is 11.3. The molecule has 0 radical (unpaired) electrons. The lowest BCUT2D eigenvalue weighted by atomic mass is 10.0. The lowest BCUT2D eigenvalue weighted by Gasteiger charge is -2.16. The minimum Gasteiger partial charge on any atom is -0.325 e. The Morgan fingerprint density at radius 3 is 2.80 bits per heavy atom. The van der Waals surface area contributed by atoms with Crippen LogP contribution in [0, 0.1) is 23.0 Å². The molecule has 1 fully saturated rings. The first kappa shape index (κ1) is 14.9. The Hall–Kier alpha value is -1.47. The molecule has 7 heteroatoms. The Morgan fingerprint density at radius 1 is 1.55 bits per heavy atom. The molecular formula is C13H16BrN3O3. The second-order valence-corrected chi connectivity index (χ2v) is 5.86. The maximum absolute atomic E-state index is 12.2. The van der Waals surface area contributed by atoms with Gasteiger partial charge in [0.25, 0.3) is 5.69 Å². The number of nitrogens with one attached hydrogen (secondary N) is 2. The minimum absolute atomic E-state index is 0.00101. The molecule has 2 N–H and O–H groups in total. The van der Waals surface area contributed by atoms with Gasteiger partial charge in [-0.15, -0.1) is 0 Å². The van der Waals surface area contributed by atoms with Crippen LogP contribution in [0.3, 0.4) is 0 Å². The Labute approximate surface area is 125 Å². The molecular weight excluding hydrogens is 326 g/mol. The van der Waals surface area contributed by atoms with Crippen LogP contribution in [-0.4, -0.2) is 23.4 Å². The third-order valence-corrected chi connectivity index (χ3v) is 4.26. The van der Waals surface area contributed by atoms with E-state index < -0.39 is 4.92 Å². The number of carbonyl (C=O) groups is 1. The van der Waals surface area contributed by atoms with E-state index in [0.717, 1.165) is 13.0 Å². The van der Waals surface area contributed by atoms with Gasteiger partial charge < -0.3 is 10.6 Å². The van der Waals surface area contributed by atoms with Gasteiger partial charge in [0.1, 0.15) is 0 Å². The van der Waals surface area contributed by atoms with E-state index in [1.54, 1.807) is 13.0 Å². The van der Waals surface area contributed by atoms with Gasteiger partial charge in [-0.25, -0.2) is 0 Å². The van der Waals surface area contributed by atoms with Crippen LogP contribution in [0.2, 0.25) is 0 Å². The summed E-state index contributed by atoms with van der Waals surface area (Å²) in [6.45, 7) is 4.44. The van der Waals surface area contributed by atoms with Gasteiger partial charge in [0, 0.05) is 22.1 Å². The highest BCUT2D eigenvalue weighted by molar-refractivity contribution is 9.10. The van der Waals surface area contributed by atoms with E-state index in [1.807, 2.05) is 6.92 Å². The average Bonchev–Trinajstić information content (AvgIpc) is 2.78. The number of nitrogens with zero attached hydrogens (tertiary/aromatic N) is 1. The Balaban J connectivity index is 2.22. The number of nitro groups is 1. The van der Waals surface area contributed by atoms with Gasteiger partial charge in [0.05, 0.1) is 16.5 Å². The van der Waals surface area contributed by atoms with Crippen LogP contribution in [0.1, 0.15) is 18.9 Å². The van der Waals surface area contributed by atoms with E-state index >= 15 is 0 Å². The highest BCUT2D eigenvalue weighted by Crippen LogP contribution is 2.31. The quantitative estimate of drug-likeness (QED) is 0.653. The maximum atomic E-state index is 12.2. The van der Waals surface area contributed by atoms with Crippen LogP contribution in [0.15, 0.2) is 16.6 Å². The van der Waals surface area contributed by atoms with Crippen LogP contribution in [0.4, 0.5) is 11.4 Å². The molecule has 1 heterocycles. The van der Waals surface area contributed by atoms with Crippen LogP contribution in [-0.2, 0) is 4.79 Å². The van der Waals surface area contributed by atoms with Crippen molar-refractivity contribution in [3.8, 4) is 0 Å². The molecule has 1 saturated heterocycles. The zero-order valence-corrected chi connectivity index (χ0v) is 12.9. The summed E-state index contributed by atoms with van der Waals surface area (Å²) in [5.41, 5.74) is 0.989. The molecule has 1 aliphatic rings. The number of hydrogen-bond acceptors (Lipinski definition) is 4. The van der Waals surface area contributed by atoms with Gasteiger partial charge >= 0.3 is 0 Å². The van der Waals surface area contributed by atoms with Crippen LogP contribution < -0.4 is 10.6 Å². The van der Waals surface area contributed by atoms with Crippen molar-refractivity contribution in [1.29, 1.82) is 0 Å². The fourth-order valence-corrected chi connectivity index (χ4v) is 2.95. The number of rotatable bonds is 3. The molecule has 0 saturated carbocycles. The van der Waals surface area contributed by atoms with E-state index in [2.05, 4.69) is 26.6 Å². The van der Waals surface area contributed by atoms with Crippen LogP contribution >= 0.6 is 15.9 Å². The molecule has 108 valence electrons. The van der Waals surface area contributed by atoms with Gasteiger partial charge in [-0.05, 0) is 48.8 Å². The van der Waals surface area contributed by atoms with E-state index in [0.29, 0.717) is 15.7 Å². The Bertz CT molecular complexity index is 562. The van der Waals surface area contributed by atoms with Gasteiger partial charge in [0.2, 0.25) is 5.91 Å². The first-order valence-corrected chi connectivity index (χ1v) is 7.18. The SMILES string of the molecule is Cc1cc(Br)c(NC(=O)C2CCNC2C)cc1[N+](=O)[O-]. The van der Waals surface area contributed by atoms with Gasteiger partial charge in [-0.3, -0.25) is 14.9 Å². The second-order valence-electron chi connectivity index (χ2n) is 5.00. The van der Waals surface area contributed by atoms with Crippen LogP contribution in [0.25, 0.3) is 0 Å². The first-order chi connectivity index (χ1) is 9.40. The number of halogens is 1.